The molecule has 3 aliphatic carbocycles. The Hall–Kier alpha value is -3.22. The molecular formula is C24H26N2O9S. The average Bonchev–Trinajstić information content (AvgIpc) is 2.79. The van der Waals surface area contributed by atoms with Gasteiger partial charge >= 0.3 is 0 Å². The molecule has 0 bridgehead atoms. The van der Waals surface area contributed by atoms with Crippen molar-refractivity contribution in [2.24, 2.45) is 17.6 Å². The number of carbonyl (C=O) groups is 3. The minimum absolute atomic E-state index is 0.0265. The summed E-state index contributed by atoms with van der Waals surface area (Å²) in [7, 11) is -3.21. The number of primary amides is 1. The first kappa shape index (κ1) is 24.5. The Morgan fingerprint density at radius 3 is 2.42 bits per heavy atom. The molecule has 1 aromatic carbocycles. The number of nitrogens with one attached hydrogen (secondary N) is 1. The molecule has 1 saturated carbocycles. The van der Waals surface area contributed by atoms with Gasteiger partial charge in [-0.1, -0.05) is 12.1 Å². The number of hydrogen-bond acceptors (Lipinski definition) is 10. The smallest absolute Gasteiger partial charge is 0.255 e. The van der Waals surface area contributed by atoms with Gasteiger partial charge in [0.2, 0.25) is 5.78 Å². The van der Waals surface area contributed by atoms with Gasteiger partial charge in [0.15, 0.2) is 11.4 Å². The van der Waals surface area contributed by atoms with E-state index in [9.17, 15) is 43.2 Å². The molecule has 1 aromatic rings. The first-order valence-electron chi connectivity index (χ1n) is 11.6. The molecule has 2 fully saturated rings. The van der Waals surface area contributed by atoms with E-state index in [-0.39, 0.29) is 54.1 Å². The van der Waals surface area contributed by atoms with Gasteiger partial charge in [-0.25, -0.2) is 8.42 Å². The van der Waals surface area contributed by atoms with Crippen LogP contribution in [0.3, 0.4) is 0 Å². The molecule has 36 heavy (non-hydrogen) atoms. The van der Waals surface area contributed by atoms with E-state index in [1.54, 1.807) is 12.1 Å². The highest BCUT2D eigenvalue weighted by Gasteiger charge is 2.63. The maximum Gasteiger partial charge on any atom is 0.255 e. The van der Waals surface area contributed by atoms with Crippen molar-refractivity contribution < 1.29 is 43.2 Å². The molecule has 7 N–H and O–H groups in total. The van der Waals surface area contributed by atoms with E-state index in [1.165, 1.54) is 6.07 Å². The molecule has 1 aliphatic heterocycles. The highest BCUT2D eigenvalue weighted by atomic mass is 32.2. The van der Waals surface area contributed by atoms with Crippen molar-refractivity contribution in [2.45, 2.75) is 43.4 Å². The molecule has 12 heteroatoms. The van der Waals surface area contributed by atoms with E-state index >= 15 is 0 Å². The van der Waals surface area contributed by atoms with Gasteiger partial charge in [0.1, 0.15) is 32.7 Å². The number of Topliss-reactive ketones (excluding diaryl/α,β-unsaturated/α-hetero) is 2. The van der Waals surface area contributed by atoms with Crippen LogP contribution in [0.2, 0.25) is 0 Å². The molecule has 1 heterocycles. The molecule has 5 rings (SSSR count). The van der Waals surface area contributed by atoms with Crippen LogP contribution < -0.4 is 11.1 Å². The maximum atomic E-state index is 13.7. The van der Waals surface area contributed by atoms with Crippen LogP contribution >= 0.6 is 0 Å². The molecule has 11 nitrogen and oxygen atoms in total. The van der Waals surface area contributed by atoms with Gasteiger partial charge in [-0.3, -0.25) is 14.4 Å². The van der Waals surface area contributed by atoms with Gasteiger partial charge in [0.25, 0.3) is 5.91 Å². The minimum Gasteiger partial charge on any atom is -0.508 e. The van der Waals surface area contributed by atoms with Crippen molar-refractivity contribution in [3.63, 3.8) is 0 Å². The second-order valence-corrected chi connectivity index (χ2v) is 12.2. The lowest BCUT2D eigenvalue weighted by Crippen LogP contribution is -2.67. The van der Waals surface area contributed by atoms with Gasteiger partial charge in [-0.05, 0) is 43.2 Å². The fourth-order valence-corrected chi connectivity index (χ4v) is 7.61. The maximum absolute atomic E-state index is 13.7. The van der Waals surface area contributed by atoms with Crippen LogP contribution in [-0.2, 0) is 30.6 Å². The van der Waals surface area contributed by atoms with Crippen molar-refractivity contribution in [1.29, 1.82) is 0 Å². The number of phenols is 1. The third-order valence-corrected chi connectivity index (χ3v) is 9.62. The molecule has 1 saturated heterocycles. The largest absolute Gasteiger partial charge is 0.508 e. The molecule has 192 valence electrons. The van der Waals surface area contributed by atoms with Gasteiger partial charge in [0.05, 0.1) is 23.1 Å². The zero-order valence-corrected chi connectivity index (χ0v) is 19.9. The summed E-state index contributed by atoms with van der Waals surface area (Å²) in [5, 5.41) is 46.8. The first-order chi connectivity index (χ1) is 16.9. The summed E-state index contributed by atoms with van der Waals surface area (Å²) in [6.07, 6.45) is 0.572. The Labute approximate surface area is 206 Å². The summed E-state index contributed by atoms with van der Waals surface area (Å²) in [4.78, 5) is 39.2. The van der Waals surface area contributed by atoms with E-state index in [1.807, 2.05) is 0 Å². The summed E-state index contributed by atoms with van der Waals surface area (Å²) in [5.41, 5.74) is 2.09. The number of hydrogen-bond donors (Lipinski definition) is 6. The number of ketones is 2. The Kier molecular flexibility index (Phi) is 5.54. The highest BCUT2D eigenvalue weighted by molar-refractivity contribution is 7.91. The molecule has 0 spiro atoms. The summed E-state index contributed by atoms with van der Waals surface area (Å²) < 4.78 is 23.7. The summed E-state index contributed by atoms with van der Waals surface area (Å²) >= 11 is 0. The Bertz CT molecular complexity index is 1370. The monoisotopic (exact) mass is 518 g/mol. The number of aliphatic hydroxyl groups is 3. The van der Waals surface area contributed by atoms with Gasteiger partial charge in [-0.15, -0.1) is 0 Å². The lowest BCUT2D eigenvalue weighted by Gasteiger charge is -2.49. The number of amides is 1. The summed E-state index contributed by atoms with van der Waals surface area (Å²) in [6.45, 7) is 0. The number of aromatic hydroxyl groups is 1. The second-order valence-electron chi connectivity index (χ2n) is 9.93. The topological polar surface area (TPSA) is 204 Å². The molecule has 0 aromatic heterocycles. The first-order valence-corrected chi connectivity index (χ1v) is 13.4. The van der Waals surface area contributed by atoms with Gasteiger partial charge < -0.3 is 31.5 Å². The quantitative estimate of drug-likeness (QED) is 0.285. The number of carbonyl (C=O) groups excluding carboxylic acids is 3. The summed E-state index contributed by atoms with van der Waals surface area (Å²) in [5.74, 6) is -7.35. The van der Waals surface area contributed by atoms with Crippen LogP contribution in [-0.4, -0.2) is 75.5 Å². The third-order valence-electron chi connectivity index (χ3n) is 7.91. The number of nitrogens with two attached hydrogens (primary N) is 1. The fraction of sp³-hybridized carbons (Fsp3) is 0.458. The van der Waals surface area contributed by atoms with Crippen molar-refractivity contribution in [1.82, 2.24) is 5.32 Å². The van der Waals surface area contributed by atoms with Crippen LogP contribution in [0.1, 0.15) is 30.4 Å². The lowest BCUT2D eigenvalue weighted by atomic mass is 9.57. The van der Waals surface area contributed by atoms with E-state index in [0.29, 0.717) is 5.56 Å². The molecule has 4 unspecified atom stereocenters. The number of phenolic OH excluding ortho intramolecular Hbond substituents is 1. The van der Waals surface area contributed by atoms with Crippen molar-refractivity contribution in [3.8, 4) is 5.75 Å². The molecule has 4 atom stereocenters. The van der Waals surface area contributed by atoms with Crippen LogP contribution in [0.5, 0.6) is 5.75 Å². The second kappa shape index (κ2) is 8.15. The molecule has 0 radical (unpaired) electrons. The number of benzene rings is 1. The lowest BCUT2D eigenvalue weighted by molar-refractivity contribution is -0.150. The Balaban J connectivity index is 1.62. The van der Waals surface area contributed by atoms with Crippen LogP contribution in [0.4, 0.5) is 0 Å². The fourth-order valence-electron chi connectivity index (χ4n) is 6.12. The number of fused-ring (bicyclic) bond motifs is 3. The van der Waals surface area contributed by atoms with Gasteiger partial charge in [-0.2, -0.15) is 0 Å². The van der Waals surface area contributed by atoms with Crippen molar-refractivity contribution >= 4 is 33.1 Å². The Morgan fingerprint density at radius 1 is 1.11 bits per heavy atom. The Morgan fingerprint density at radius 2 is 1.78 bits per heavy atom. The van der Waals surface area contributed by atoms with E-state index in [4.69, 9.17) is 5.73 Å². The number of rotatable bonds is 3. The van der Waals surface area contributed by atoms with E-state index in [0.717, 1.165) is 0 Å². The normalized spacial score (nSPS) is 32.1. The van der Waals surface area contributed by atoms with Crippen LogP contribution in [0.15, 0.2) is 35.1 Å². The minimum atomic E-state index is -3.21. The molecular weight excluding hydrogens is 492 g/mol. The third kappa shape index (κ3) is 3.46. The molecule has 1 amide bonds. The van der Waals surface area contributed by atoms with Crippen LogP contribution in [0.25, 0.3) is 5.76 Å². The van der Waals surface area contributed by atoms with Crippen molar-refractivity contribution in [2.75, 3.05) is 11.5 Å². The summed E-state index contributed by atoms with van der Waals surface area (Å²) in [6, 6.07) is 2.85. The van der Waals surface area contributed by atoms with Crippen molar-refractivity contribution in [3.05, 3.63) is 46.2 Å². The van der Waals surface area contributed by atoms with E-state index in [2.05, 4.69) is 5.32 Å². The number of sulfone groups is 1. The average molecular weight is 519 g/mol. The SMILES string of the molecule is NC(=O)C1=C(O)C2(O)C(=O)C3=C(O)c4c(O)cccc4CC3CC2C(NC2CCS(=O)(=O)CC2)C1=O. The predicted octanol–water partition coefficient (Wildman–Crippen LogP) is -0.431. The predicted molar refractivity (Wildman–Crippen MR) is 125 cm³/mol. The van der Waals surface area contributed by atoms with Crippen LogP contribution in [0, 0.1) is 11.8 Å². The zero-order valence-electron chi connectivity index (χ0n) is 19.1. The van der Waals surface area contributed by atoms with Gasteiger partial charge in [0, 0.05) is 17.5 Å². The standard InChI is InChI=1S/C24H26N2O9S/c25-23(32)17-20(29)18(26-12-4-6-36(34,35)7-5-12)13-9-11-8-10-2-1-3-14(27)15(10)19(28)16(11)21(30)24(13,33)22(17)31/h1-3,11-13,18,26-28,31,33H,4-9H2,(H2,25,32). The number of aliphatic hydroxyl groups excluding tert-OH is 2. The molecule has 4 aliphatic rings. The highest BCUT2D eigenvalue weighted by Crippen LogP contribution is 2.52. The zero-order chi connectivity index (χ0) is 26.2. The van der Waals surface area contributed by atoms with E-state index < -0.39 is 73.9 Å².